The summed E-state index contributed by atoms with van der Waals surface area (Å²) in [6.45, 7) is 0. The first-order valence-electron chi connectivity index (χ1n) is 4.40. The first-order chi connectivity index (χ1) is 7.50. The number of aromatic nitrogens is 2. The fraction of sp³-hybridized carbons (Fsp3) is 0.333. The van der Waals surface area contributed by atoms with Gasteiger partial charge in [-0.25, -0.2) is 0 Å². The van der Waals surface area contributed by atoms with Crippen LogP contribution in [0.1, 0.15) is 10.5 Å². The Bertz CT molecular complexity index is 391. The smallest absolute Gasteiger partial charge is 0.313 e. The van der Waals surface area contributed by atoms with Crippen molar-refractivity contribution < 1.29 is 14.7 Å². The Labute approximate surface area is 96.7 Å². The highest BCUT2D eigenvalue weighted by Crippen LogP contribution is 2.13. The van der Waals surface area contributed by atoms with Crippen molar-refractivity contribution >= 4 is 23.6 Å². The molecule has 0 aromatic carbocycles. The Balaban J connectivity index is 2.68. The van der Waals surface area contributed by atoms with Crippen molar-refractivity contribution in [2.24, 2.45) is 0 Å². The van der Waals surface area contributed by atoms with Crippen molar-refractivity contribution in [2.75, 3.05) is 19.8 Å². The van der Waals surface area contributed by atoms with E-state index < -0.39 is 5.97 Å². The fourth-order valence-corrected chi connectivity index (χ4v) is 1.41. The molecule has 0 aliphatic heterocycles. The highest BCUT2D eigenvalue weighted by Gasteiger charge is 2.10. The van der Waals surface area contributed by atoms with E-state index in [4.69, 9.17) is 5.11 Å². The van der Waals surface area contributed by atoms with Crippen molar-refractivity contribution in [3.05, 3.63) is 17.8 Å². The van der Waals surface area contributed by atoms with Crippen molar-refractivity contribution in [3.63, 3.8) is 0 Å². The summed E-state index contributed by atoms with van der Waals surface area (Å²) in [5, 5.41) is 16.4. The Morgan fingerprint density at radius 2 is 2.06 bits per heavy atom. The number of amides is 1. The van der Waals surface area contributed by atoms with Crippen LogP contribution in [0, 0.1) is 0 Å². The summed E-state index contributed by atoms with van der Waals surface area (Å²) in [6, 6.07) is 3.11. The molecule has 0 saturated carbocycles. The number of hydrogen-bond acceptors (Lipinski definition) is 5. The maximum Gasteiger partial charge on any atom is 0.313 e. The predicted molar refractivity (Wildman–Crippen MR) is 58.4 cm³/mol. The van der Waals surface area contributed by atoms with Crippen molar-refractivity contribution in [3.8, 4) is 0 Å². The standard InChI is InChI=1S/C9H11N3O3S/c1-12(2)9(15)6-3-4-7(11-10-6)16-5-8(13)14/h3-4H,5H2,1-2H3,(H,13,14). The average molecular weight is 241 g/mol. The summed E-state index contributed by atoms with van der Waals surface area (Å²) in [5.74, 6) is -1.22. The van der Waals surface area contributed by atoms with Gasteiger partial charge in [-0.2, -0.15) is 0 Å². The molecule has 0 saturated heterocycles. The minimum Gasteiger partial charge on any atom is -0.481 e. The van der Waals surface area contributed by atoms with Crippen LogP contribution in [-0.2, 0) is 4.79 Å². The molecule has 0 spiro atoms. The zero-order valence-corrected chi connectivity index (χ0v) is 9.69. The molecule has 1 rings (SSSR count). The molecule has 0 aliphatic rings. The van der Waals surface area contributed by atoms with E-state index in [1.807, 2.05) is 0 Å². The Morgan fingerprint density at radius 3 is 2.50 bits per heavy atom. The fourth-order valence-electron chi connectivity index (χ4n) is 0.876. The molecule has 0 fully saturated rings. The molecule has 1 amide bonds. The van der Waals surface area contributed by atoms with Gasteiger partial charge in [-0.1, -0.05) is 11.8 Å². The van der Waals surface area contributed by atoms with Crippen molar-refractivity contribution in [2.45, 2.75) is 5.03 Å². The number of nitrogens with zero attached hydrogens (tertiary/aromatic N) is 3. The SMILES string of the molecule is CN(C)C(=O)c1ccc(SCC(=O)O)nn1. The predicted octanol–water partition coefficient (Wildman–Crippen LogP) is 0.355. The van der Waals surface area contributed by atoms with Gasteiger partial charge in [-0.05, 0) is 12.1 Å². The highest BCUT2D eigenvalue weighted by molar-refractivity contribution is 7.99. The van der Waals surface area contributed by atoms with Crippen LogP contribution in [-0.4, -0.2) is 51.9 Å². The minimum atomic E-state index is -0.916. The van der Waals surface area contributed by atoms with Crippen LogP contribution in [0.3, 0.4) is 0 Å². The van der Waals surface area contributed by atoms with E-state index in [0.29, 0.717) is 5.03 Å². The zero-order valence-electron chi connectivity index (χ0n) is 8.88. The molecule has 7 heteroatoms. The van der Waals surface area contributed by atoms with E-state index in [1.165, 1.54) is 11.0 Å². The number of aliphatic carboxylic acids is 1. The second kappa shape index (κ2) is 5.45. The molecular weight excluding hydrogens is 230 g/mol. The van der Waals surface area contributed by atoms with Gasteiger partial charge in [0, 0.05) is 14.1 Å². The molecular formula is C9H11N3O3S. The quantitative estimate of drug-likeness (QED) is 0.766. The molecule has 1 heterocycles. The third-order valence-electron chi connectivity index (χ3n) is 1.61. The van der Waals surface area contributed by atoms with Gasteiger partial charge in [0.15, 0.2) is 5.69 Å². The van der Waals surface area contributed by atoms with Gasteiger partial charge in [0.05, 0.1) is 5.75 Å². The normalized spacial score (nSPS) is 9.88. The lowest BCUT2D eigenvalue weighted by molar-refractivity contribution is -0.133. The van der Waals surface area contributed by atoms with Crippen LogP contribution in [0.2, 0.25) is 0 Å². The number of carboxylic acid groups (broad SMARTS) is 1. The van der Waals surface area contributed by atoms with E-state index in [1.54, 1.807) is 20.2 Å². The summed E-state index contributed by atoms with van der Waals surface area (Å²) in [6.07, 6.45) is 0. The highest BCUT2D eigenvalue weighted by atomic mass is 32.2. The average Bonchev–Trinajstić information content (AvgIpc) is 2.26. The third-order valence-corrected chi connectivity index (χ3v) is 2.51. The van der Waals surface area contributed by atoms with Crippen LogP contribution < -0.4 is 0 Å². The van der Waals surface area contributed by atoms with Crippen molar-refractivity contribution in [1.29, 1.82) is 0 Å². The largest absolute Gasteiger partial charge is 0.481 e. The second-order valence-corrected chi connectivity index (χ2v) is 4.13. The summed E-state index contributed by atoms with van der Waals surface area (Å²) in [5.41, 5.74) is 0.240. The Hall–Kier alpha value is -1.63. The summed E-state index contributed by atoms with van der Waals surface area (Å²) >= 11 is 1.06. The van der Waals surface area contributed by atoms with Crippen molar-refractivity contribution in [1.82, 2.24) is 15.1 Å². The molecule has 0 bridgehead atoms. The van der Waals surface area contributed by atoms with Crippen LogP contribution in [0.15, 0.2) is 17.2 Å². The number of carbonyl (C=O) groups excluding carboxylic acids is 1. The first kappa shape index (κ1) is 12.4. The van der Waals surface area contributed by atoms with Crippen LogP contribution in [0.4, 0.5) is 0 Å². The first-order valence-corrected chi connectivity index (χ1v) is 5.39. The molecule has 0 unspecified atom stereocenters. The van der Waals surface area contributed by atoms with Crippen LogP contribution >= 0.6 is 11.8 Å². The third kappa shape index (κ3) is 3.50. The van der Waals surface area contributed by atoms with E-state index >= 15 is 0 Å². The number of rotatable bonds is 4. The number of hydrogen-bond donors (Lipinski definition) is 1. The van der Waals surface area contributed by atoms with E-state index in [0.717, 1.165) is 11.8 Å². The number of thioether (sulfide) groups is 1. The van der Waals surface area contributed by atoms with E-state index in [9.17, 15) is 9.59 Å². The molecule has 1 aromatic heterocycles. The molecule has 16 heavy (non-hydrogen) atoms. The lowest BCUT2D eigenvalue weighted by atomic mass is 10.3. The van der Waals surface area contributed by atoms with Gasteiger partial charge in [-0.15, -0.1) is 10.2 Å². The van der Waals surface area contributed by atoms with Gasteiger partial charge in [0.25, 0.3) is 5.91 Å². The van der Waals surface area contributed by atoms with Crippen LogP contribution in [0.25, 0.3) is 0 Å². The molecule has 86 valence electrons. The molecule has 0 radical (unpaired) electrons. The van der Waals surface area contributed by atoms with Gasteiger partial charge >= 0.3 is 5.97 Å². The monoisotopic (exact) mass is 241 g/mol. The topological polar surface area (TPSA) is 83.4 Å². The maximum atomic E-state index is 11.4. The molecule has 0 aliphatic carbocycles. The number of carboxylic acids is 1. The number of carbonyl (C=O) groups is 2. The summed E-state index contributed by atoms with van der Waals surface area (Å²) in [7, 11) is 3.24. The molecule has 6 nitrogen and oxygen atoms in total. The van der Waals surface area contributed by atoms with Gasteiger partial charge in [0.2, 0.25) is 0 Å². The minimum absolute atomic E-state index is 0.0738. The molecule has 1 aromatic rings. The second-order valence-electron chi connectivity index (χ2n) is 3.14. The lowest BCUT2D eigenvalue weighted by Gasteiger charge is -2.08. The summed E-state index contributed by atoms with van der Waals surface area (Å²) < 4.78 is 0. The Kier molecular flexibility index (Phi) is 4.24. The van der Waals surface area contributed by atoms with Gasteiger partial charge < -0.3 is 10.0 Å². The Morgan fingerprint density at radius 1 is 1.38 bits per heavy atom. The summed E-state index contributed by atoms with van der Waals surface area (Å²) in [4.78, 5) is 23.1. The lowest BCUT2D eigenvalue weighted by Crippen LogP contribution is -2.23. The van der Waals surface area contributed by atoms with Crippen LogP contribution in [0.5, 0.6) is 0 Å². The molecule has 0 atom stereocenters. The maximum absolute atomic E-state index is 11.4. The van der Waals surface area contributed by atoms with Gasteiger partial charge in [-0.3, -0.25) is 9.59 Å². The van der Waals surface area contributed by atoms with E-state index in [-0.39, 0.29) is 17.4 Å². The van der Waals surface area contributed by atoms with E-state index in [2.05, 4.69) is 10.2 Å². The molecule has 1 N–H and O–H groups in total. The zero-order chi connectivity index (χ0) is 12.1. The van der Waals surface area contributed by atoms with Gasteiger partial charge in [0.1, 0.15) is 5.03 Å².